The van der Waals surface area contributed by atoms with E-state index in [4.69, 9.17) is 17.0 Å². The standard InChI is InChI=1S/C18H12F3N3O2S2/c19-18(20,21)14-4-1-5-15(23-14)26-12-8-6-11(7-9-12)22-17(27)24-16(25)13-3-2-10-28-13/h1-10H,(H2,22,24,25,27). The summed E-state index contributed by atoms with van der Waals surface area (Å²) < 4.78 is 43.4. The number of amides is 1. The fraction of sp³-hybridized carbons (Fsp3) is 0.0556. The first-order valence-corrected chi connectivity index (χ1v) is 9.08. The van der Waals surface area contributed by atoms with Crippen molar-refractivity contribution in [2.75, 3.05) is 5.32 Å². The van der Waals surface area contributed by atoms with Crippen LogP contribution in [0.2, 0.25) is 0 Å². The molecule has 0 fully saturated rings. The van der Waals surface area contributed by atoms with Crippen molar-refractivity contribution < 1.29 is 22.7 Å². The maximum Gasteiger partial charge on any atom is 0.433 e. The Morgan fingerprint density at radius 1 is 1.07 bits per heavy atom. The molecule has 5 nitrogen and oxygen atoms in total. The van der Waals surface area contributed by atoms with Crippen LogP contribution in [0.5, 0.6) is 11.6 Å². The van der Waals surface area contributed by atoms with Crippen molar-refractivity contribution in [3.63, 3.8) is 0 Å². The lowest BCUT2D eigenvalue weighted by atomic mass is 10.3. The van der Waals surface area contributed by atoms with Gasteiger partial charge in [-0.05, 0) is 54.0 Å². The van der Waals surface area contributed by atoms with Crippen molar-refractivity contribution in [3.8, 4) is 11.6 Å². The third-order valence-corrected chi connectivity index (χ3v) is 4.39. The average Bonchev–Trinajstić information content (AvgIpc) is 3.18. The van der Waals surface area contributed by atoms with E-state index in [1.165, 1.54) is 35.6 Å². The number of carbonyl (C=O) groups excluding carboxylic acids is 1. The molecule has 10 heteroatoms. The highest BCUT2D eigenvalue weighted by Crippen LogP contribution is 2.30. The minimum absolute atomic E-state index is 0.117. The molecule has 0 aliphatic heterocycles. The predicted molar refractivity (Wildman–Crippen MR) is 104 cm³/mol. The molecule has 28 heavy (non-hydrogen) atoms. The second-order valence-electron chi connectivity index (χ2n) is 5.37. The van der Waals surface area contributed by atoms with Gasteiger partial charge in [0.2, 0.25) is 5.88 Å². The summed E-state index contributed by atoms with van der Waals surface area (Å²) in [6, 6.07) is 13.1. The van der Waals surface area contributed by atoms with Gasteiger partial charge in [-0.25, -0.2) is 4.98 Å². The predicted octanol–water partition coefficient (Wildman–Crippen LogP) is 5.08. The first kappa shape index (κ1) is 19.8. The van der Waals surface area contributed by atoms with Crippen molar-refractivity contribution in [1.82, 2.24) is 10.3 Å². The van der Waals surface area contributed by atoms with Gasteiger partial charge in [0.1, 0.15) is 11.4 Å². The number of thiocarbonyl (C=S) groups is 1. The fourth-order valence-electron chi connectivity index (χ4n) is 2.09. The SMILES string of the molecule is O=C(NC(=S)Nc1ccc(Oc2cccc(C(F)(F)F)n2)cc1)c1cccs1. The summed E-state index contributed by atoms with van der Waals surface area (Å²) in [7, 11) is 0. The molecule has 3 rings (SSSR count). The molecule has 1 aromatic carbocycles. The minimum atomic E-state index is -4.55. The third-order valence-electron chi connectivity index (χ3n) is 3.32. The molecule has 0 atom stereocenters. The molecule has 0 bridgehead atoms. The van der Waals surface area contributed by atoms with Crippen LogP contribution in [-0.2, 0) is 6.18 Å². The summed E-state index contributed by atoms with van der Waals surface area (Å²) in [5.74, 6) is -0.191. The molecule has 0 aliphatic rings. The van der Waals surface area contributed by atoms with Gasteiger partial charge in [-0.2, -0.15) is 13.2 Å². The molecular weight excluding hydrogens is 411 g/mol. The topological polar surface area (TPSA) is 63.2 Å². The van der Waals surface area contributed by atoms with E-state index < -0.39 is 11.9 Å². The van der Waals surface area contributed by atoms with E-state index in [1.54, 1.807) is 29.6 Å². The fourth-order valence-corrected chi connectivity index (χ4v) is 2.92. The van der Waals surface area contributed by atoms with Crippen molar-refractivity contribution in [2.45, 2.75) is 6.18 Å². The summed E-state index contributed by atoms with van der Waals surface area (Å²) >= 11 is 6.38. The summed E-state index contributed by atoms with van der Waals surface area (Å²) in [5, 5.41) is 7.29. The average molecular weight is 423 g/mol. The summed E-state index contributed by atoms with van der Waals surface area (Å²) in [4.78, 5) is 15.9. The van der Waals surface area contributed by atoms with E-state index in [1.807, 2.05) is 0 Å². The Balaban J connectivity index is 1.59. The van der Waals surface area contributed by atoms with Gasteiger partial charge in [0, 0.05) is 11.8 Å². The molecule has 1 amide bonds. The number of aromatic nitrogens is 1. The lowest BCUT2D eigenvalue weighted by Gasteiger charge is -2.11. The molecule has 3 aromatic rings. The number of nitrogens with one attached hydrogen (secondary N) is 2. The Labute approximate surface area is 167 Å². The number of anilines is 1. The number of nitrogens with zero attached hydrogens (tertiary/aromatic N) is 1. The number of thiophene rings is 1. The van der Waals surface area contributed by atoms with Crippen LogP contribution in [0.15, 0.2) is 60.0 Å². The Kier molecular flexibility index (Phi) is 5.90. The number of carbonyl (C=O) groups is 1. The molecule has 0 aliphatic carbocycles. The molecule has 2 N–H and O–H groups in total. The maximum atomic E-state index is 12.7. The van der Waals surface area contributed by atoms with Crippen LogP contribution in [0.4, 0.5) is 18.9 Å². The van der Waals surface area contributed by atoms with E-state index in [2.05, 4.69) is 15.6 Å². The second kappa shape index (κ2) is 8.36. The largest absolute Gasteiger partial charge is 0.439 e. The second-order valence-corrected chi connectivity index (χ2v) is 6.73. The summed E-state index contributed by atoms with van der Waals surface area (Å²) in [6.45, 7) is 0. The number of benzene rings is 1. The zero-order valence-corrected chi connectivity index (χ0v) is 15.6. The Morgan fingerprint density at radius 2 is 1.82 bits per heavy atom. The lowest BCUT2D eigenvalue weighted by Crippen LogP contribution is -2.33. The van der Waals surface area contributed by atoms with Crippen molar-refractivity contribution in [1.29, 1.82) is 0 Å². The number of hydrogen-bond acceptors (Lipinski definition) is 5. The van der Waals surface area contributed by atoms with Gasteiger partial charge in [0.15, 0.2) is 5.11 Å². The molecule has 0 unspecified atom stereocenters. The number of hydrogen-bond donors (Lipinski definition) is 2. The van der Waals surface area contributed by atoms with Crippen LogP contribution in [0, 0.1) is 0 Å². The summed E-state index contributed by atoms with van der Waals surface area (Å²) in [5.41, 5.74) is -0.462. The van der Waals surface area contributed by atoms with Gasteiger partial charge in [0.05, 0.1) is 4.88 Å². The Bertz CT molecular complexity index is 974. The molecule has 0 spiro atoms. The molecule has 0 radical (unpaired) electrons. The highest BCUT2D eigenvalue weighted by atomic mass is 32.1. The number of halogens is 3. The van der Waals surface area contributed by atoms with Gasteiger partial charge in [-0.15, -0.1) is 11.3 Å². The molecular formula is C18H12F3N3O2S2. The van der Waals surface area contributed by atoms with Gasteiger partial charge >= 0.3 is 6.18 Å². The number of pyridine rings is 1. The van der Waals surface area contributed by atoms with Gasteiger partial charge in [0.25, 0.3) is 5.91 Å². The van der Waals surface area contributed by atoms with Crippen LogP contribution in [-0.4, -0.2) is 16.0 Å². The number of rotatable bonds is 4. The summed E-state index contributed by atoms with van der Waals surface area (Å²) in [6.07, 6.45) is -4.55. The van der Waals surface area contributed by atoms with E-state index in [0.29, 0.717) is 16.3 Å². The molecule has 2 heterocycles. The van der Waals surface area contributed by atoms with Gasteiger partial charge in [-0.1, -0.05) is 12.1 Å². The van der Waals surface area contributed by atoms with Crippen LogP contribution < -0.4 is 15.4 Å². The van der Waals surface area contributed by atoms with Crippen LogP contribution >= 0.6 is 23.6 Å². The zero-order chi connectivity index (χ0) is 20.1. The highest BCUT2D eigenvalue weighted by Gasteiger charge is 2.32. The third kappa shape index (κ3) is 5.27. The van der Waals surface area contributed by atoms with E-state index in [0.717, 1.165) is 6.07 Å². The number of alkyl halides is 3. The smallest absolute Gasteiger partial charge is 0.433 e. The first-order chi connectivity index (χ1) is 13.3. The number of ether oxygens (including phenoxy) is 1. The molecule has 2 aromatic heterocycles. The lowest BCUT2D eigenvalue weighted by molar-refractivity contribution is -0.141. The molecule has 0 saturated heterocycles. The first-order valence-electron chi connectivity index (χ1n) is 7.79. The highest BCUT2D eigenvalue weighted by molar-refractivity contribution is 7.80. The van der Waals surface area contributed by atoms with Crippen LogP contribution in [0.25, 0.3) is 0 Å². The Morgan fingerprint density at radius 3 is 2.46 bits per heavy atom. The van der Waals surface area contributed by atoms with Crippen molar-refractivity contribution in [3.05, 3.63) is 70.5 Å². The van der Waals surface area contributed by atoms with Crippen molar-refractivity contribution in [2.24, 2.45) is 0 Å². The molecule has 144 valence electrons. The maximum absolute atomic E-state index is 12.7. The Hall–Kier alpha value is -2.98. The minimum Gasteiger partial charge on any atom is -0.439 e. The zero-order valence-electron chi connectivity index (χ0n) is 14.0. The van der Waals surface area contributed by atoms with Gasteiger partial charge < -0.3 is 10.1 Å². The molecule has 0 saturated carbocycles. The van der Waals surface area contributed by atoms with E-state index in [-0.39, 0.29) is 16.9 Å². The van der Waals surface area contributed by atoms with Crippen molar-refractivity contribution >= 4 is 40.3 Å². The van der Waals surface area contributed by atoms with Crippen LogP contribution in [0.1, 0.15) is 15.4 Å². The quantitative estimate of drug-likeness (QED) is 0.573. The van der Waals surface area contributed by atoms with E-state index >= 15 is 0 Å². The van der Waals surface area contributed by atoms with Gasteiger partial charge in [-0.3, -0.25) is 10.1 Å². The normalized spacial score (nSPS) is 11.0. The van der Waals surface area contributed by atoms with Crippen LogP contribution in [0.3, 0.4) is 0 Å². The monoisotopic (exact) mass is 423 g/mol. The van der Waals surface area contributed by atoms with E-state index in [9.17, 15) is 18.0 Å².